The number of hydrogen-bond acceptors (Lipinski definition) is 8. The molecule has 1 amide bonds. The number of methoxy groups -OCH3 is 2. The number of aromatic nitrogens is 2. The molecule has 2 aromatic carbocycles. The second-order valence-corrected chi connectivity index (χ2v) is 9.33. The molecule has 9 heteroatoms. The number of carbonyl (C=O) groups excluding carboxylic acids is 1. The summed E-state index contributed by atoms with van der Waals surface area (Å²) in [6.45, 7) is 4.95. The maximum Gasteiger partial charge on any atom is 0.261 e. The first-order valence-corrected chi connectivity index (χ1v) is 12.8. The molecule has 2 heterocycles. The van der Waals surface area contributed by atoms with Crippen LogP contribution in [0.15, 0.2) is 48.7 Å². The fourth-order valence-corrected chi connectivity index (χ4v) is 5.12. The highest BCUT2D eigenvalue weighted by molar-refractivity contribution is 5.92. The van der Waals surface area contributed by atoms with Crippen molar-refractivity contribution in [3.8, 4) is 11.5 Å². The highest BCUT2D eigenvalue weighted by Gasteiger charge is 2.34. The summed E-state index contributed by atoms with van der Waals surface area (Å²) in [6, 6.07) is 12.1. The average Bonchev–Trinajstić information content (AvgIpc) is 2.93. The minimum absolute atomic E-state index is 0.0524. The molecule has 0 radical (unpaired) electrons. The summed E-state index contributed by atoms with van der Waals surface area (Å²) in [5, 5.41) is 1.77. The number of carbonyl (C=O) groups is 1. The van der Waals surface area contributed by atoms with E-state index in [0.29, 0.717) is 41.8 Å². The Hall–Kier alpha value is -4.11. The predicted octanol–water partition coefficient (Wildman–Crippen LogP) is 4.29. The van der Waals surface area contributed by atoms with Crippen molar-refractivity contribution in [2.24, 2.45) is 5.92 Å². The summed E-state index contributed by atoms with van der Waals surface area (Å²) in [5.41, 5.74) is 19.8. The van der Waals surface area contributed by atoms with Gasteiger partial charge in [-0.1, -0.05) is 51.0 Å². The molecule has 1 aromatic heterocycles. The zero-order valence-electron chi connectivity index (χ0n) is 22.4. The Morgan fingerprint density at radius 3 is 2.63 bits per heavy atom. The average molecular weight is 517 g/mol. The Morgan fingerprint density at radius 2 is 1.95 bits per heavy atom. The van der Waals surface area contributed by atoms with Crippen molar-refractivity contribution in [3.05, 3.63) is 76.5 Å². The summed E-state index contributed by atoms with van der Waals surface area (Å²) in [5.74, 6) is 1.73. The smallest absolute Gasteiger partial charge is 0.261 e. The molecule has 9 nitrogen and oxygen atoms in total. The van der Waals surface area contributed by atoms with Crippen molar-refractivity contribution >= 4 is 23.7 Å². The van der Waals surface area contributed by atoms with Crippen molar-refractivity contribution in [2.45, 2.75) is 45.7 Å². The Bertz CT molecular complexity index is 1320. The summed E-state index contributed by atoms with van der Waals surface area (Å²) in [4.78, 5) is 21.7. The first-order chi connectivity index (χ1) is 18.4. The van der Waals surface area contributed by atoms with E-state index in [0.717, 1.165) is 24.0 Å². The van der Waals surface area contributed by atoms with Crippen LogP contribution >= 0.6 is 0 Å². The van der Waals surface area contributed by atoms with Crippen LogP contribution in [-0.2, 0) is 17.8 Å². The van der Waals surface area contributed by atoms with Crippen molar-refractivity contribution < 1.29 is 14.3 Å². The van der Waals surface area contributed by atoms with Crippen LogP contribution in [0.4, 0.5) is 11.8 Å². The first kappa shape index (κ1) is 26.9. The van der Waals surface area contributed by atoms with Crippen molar-refractivity contribution in [3.63, 3.8) is 0 Å². The van der Waals surface area contributed by atoms with Gasteiger partial charge in [0.05, 0.1) is 20.3 Å². The lowest BCUT2D eigenvalue weighted by Crippen LogP contribution is -2.49. The summed E-state index contributed by atoms with van der Waals surface area (Å²) >= 11 is 0. The molecule has 0 aliphatic carbocycles. The lowest BCUT2D eigenvalue weighted by molar-refractivity contribution is -0.134. The number of nitrogen functional groups attached to an aromatic ring is 2. The van der Waals surface area contributed by atoms with Crippen LogP contribution in [-0.4, -0.2) is 35.1 Å². The standard InChI is InChI=1S/C29H36N6O3/c1-5-19(6-2)26-23-10-8-7-9-21(23)17-33-35(26)25(36)12-11-20-13-18(15-24(37-3)27(20)38-4)14-22-16-32-29(31)34-28(22)30/h7-13,15-16,19,26,33H,5-6,14,17H2,1-4H3,(H4,30,31,32,34)/b12-11+/t26-/m0/s1. The lowest BCUT2D eigenvalue weighted by atomic mass is 9.85. The minimum atomic E-state index is -0.126. The molecule has 0 fully saturated rings. The van der Waals surface area contributed by atoms with E-state index in [-0.39, 0.29) is 17.9 Å². The zero-order valence-corrected chi connectivity index (χ0v) is 22.4. The summed E-state index contributed by atoms with van der Waals surface area (Å²) < 4.78 is 11.2. The van der Waals surface area contributed by atoms with Crippen LogP contribution in [0.3, 0.4) is 0 Å². The molecule has 1 aliphatic heterocycles. The SMILES string of the molecule is CCC(CC)[C@H]1c2ccccc2CNN1C(=O)/C=C/c1cc(Cc2cnc(N)nc2N)cc(OC)c1OC. The number of amides is 1. The molecule has 38 heavy (non-hydrogen) atoms. The van der Waals surface area contributed by atoms with Gasteiger partial charge in [-0.15, -0.1) is 0 Å². The minimum Gasteiger partial charge on any atom is -0.493 e. The molecule has 5 N–H and O–H groups in total. The number of anilines is 2. The Kier molecular flexibility index (Phi) is 8.48. The number of rotatable bonds is 9. The molecule has 0 unspecified atom stereocenters. The van der Waals surface area contributed by atoms with Crippen molar-refractivity contribution in [1.82, 2.24) is 20.4 Å². The molecule has 0 saturated heterocycles. The number of hydrogen-bond donors (Lipinski definition) is 3. The fourth-order valence-electron chi connectivity index (χ4n) is 5.12. The van der Waals surface area contributed by atoms with Gasteiger partial charge in [0.2, 0.25) is 5.95 Å². The molecular weight excluding hydrogens is 480 g/mol. The second-order valence-electron chi connectivity index (χ2n) is 9.33. The van der Waals surface area contributed by atoms with E-state index in [4.69, 9.17) is 20.9 Å². The van der Waals surface area contributed by atoms with Crippen LogP contribution < -0.4 is 26.4 Å². The predicted molar refractivity (Wildman–Crippen MR) is 149 cm³/mol. The molecule has 3 aromatic rings. The number of benzene rings is 2. The van der Waals surface area contributed by atoms with Gasteiger partial charge in [-0.05, 0) is 40.8 Å². The number of nitrogens with two attached hydrogens (primary N) is 2. The molecule has 0 saturated carbocycles. The van der Waals surface area contributed by atoms with Crippen LogP contribution in [0.2, 0.25) is 0 Å². The van der Waals surface area contributed by atoms with Crippen LogP contribution in [0.1, 0.15) is 60.5 Å². The topological polar surface area (TPSA) is 129 Å². The Labute approximate surface area is 223 Å². The second kappa shape index (κ2) is 12.0. The zero-order chi connectivity index (χ0) is 27.2. The monoisotopic (exact) mass is 516 g/mol. The van der Waals surface area contributed by atoms with Gasteiger partial charge in [0.25, 0.3) is 5.91 Å². The van der Waals surface area contributed by atoms with Crippen molar-refractivity contribution in [1.29, 1.82) is 0 Å². The normalized spacial score (nSPS) is 15.1. The maximum absolute atomic E-state index is 13.6. The number of ether oxygens (including phenoxy) is 2. The Balaban J connectivity index is 1.66. The van der Waals surface area contributed by atoms with E-state index >= 15 is 0 Å². The van der Waals surface area contributed by atoms with Crippen LogP contribution in [0, 0.1) is 5.92 Å². The molecule has 4 rings (SSSR count). The molecule has 200 valence electrons. The summed E-state index contributed by atoms with van der Waals surface area (Å²) in [6.07, 6.45) is 7.36. The van der Waals surface area contributed by atoms with E-state index in [1.54, 1.807) is 37.6 Å². The van der Waals surface area contributed by atoms with Gasteiger partial charge >= 0.3 is 0 Å². The van der Waals surface area contributed by atoms with Gasteiger partial charge in [0, 0.05) is 36.4 Å². The van der Waals surface area contributed by atoms with E-state index in [1.165, 1.54) is 11.1 Å². The quantitative estimate of drug-likeness (QED) is 0.359. The number of fused-ring (bicyclic) bond motifs is 1. The highest BCUT2D eigenvalue weighted by Crippen LogP contribution is 2.38. The van der Waals surface area contributed by atoms with E-state index in [2.05, 4.69) is 41.4 Å². The van der Waals surface area contributed by atoms with Gasteiger partial charge in [-0.2, -0.15) is 4.98 Å². The third kappa shape index (κ3) is 5.57. The number of nitrogens with zero attached hydrogens (tertiary/aromatic N) is 3. The molecule has 1 aliphatic rings. The van der Waals surface area contributed by atoms with E-state index in [1.807, 2.05) is 24.3 Å². The first-order valence-electron chi connectivity index (χ1n) is 12.8. The Morgan fingerprint density at radius 1 is 1.18 bits per heavy atom. The van der Waals surface area contributed by atoms with Gasteiger partial charge < -0.3 is 20.9 Å². The van der Waals surface area contributed by atoms with Gasteiger partial charge in [0.1, 0.15) is 5.82 Å². The number of nitrogens with one attached hydrogen (secondary N) is 1. The number of hydrazine groups is 1. The maximum atomic E-state index is 13.6. The molecule has 0 bridgehead atoms. The lowest BCUT2D eigenvalue weighted by Gasteiger charge is -2.41. The summed E-state index contributed by atoms with van der Waals surface area (Å²) in [7, 11) is 3.16. The third-order valence-corrected chi connectivity index (χ3v) is 7.11. The molecule has 1 atom stereocenters. The van der Waals surface area contributed by atoms with Crippen molar-refractivity contribution in [2.75, 3.05) is 25.7 Å². The highest BCUT2D eigenvalue weighted by atomic mass is 16.5. The van der Waals surface area contributed by atoms with Crippen LogP contribution in [0.5, 0.6) is 11.5 Å². The molecule has 0 spiro atoms. The van der Waals surface area contributed by atoms with E-state index in [9.17, 15) is 4.79 Å². The van der Waals surface area contributed by atoms with E-state index < -0.39 is 0 Å². The van der Waals surface area contributed by atoms with Gasteiger partial charge in [-0.3, -0.25) is 9.80 Å². The van der Waals surface area contributed by atoms with Crippen LogP contribution in [0.25, 0.3) is 6.08 Å². The van der Waals surface area contributed by atoms with Gasteiger partial charge in [0.15, 0.2) is 11.5 Å². The molecular formula is C29H36N6O3. The largest absolute Gasteiger partial charge is 0.493 e. The fraction of sp³-hybridized carbons (Fsp3) is 0.345. The van der Waals surface area contributed by atoms with Gasteiger partial charge in [-0.25, -0.2) is 10.4 Å². The third-order valence-electron chi connectivity index (χ3n) is 7.11.